The molecule has 1 aliphatic heterocycles. The van der Waals surface area contributed by atoms with E-state index in [1.54, 1.807) is 19.3 Å². The van der Waals surface area contributed by atoms with E-state index in [1.807, 2.05) is 0 Å². The summed E-state index contributed by atoms with van der Waals surface area (Å²) in [6, 6.07) is 1.65. The van der Waals surface area contributed by atoms with E-state index in [1.165, 1.54) is 4.68 Å². The minimum absolute atomic E-state index is 0.0512. The Morgan fingerprint density at radius 2 is 2.27 bits per heavy atom. The van der Waals surface area contributed by atoms with E-state index < -0.39 is 0 Å². The van der Waals surface area contributed by atoms with Gasteiger partial charge in [0.2, 0.25) is 0 Å². The van der Waals surface area contributed by atoms with Gasteiger partial charge in [-0.15, -0.1) is 0 Å². The lowest BCUT2D eigenvalue weighted by Gasteiger charge is -2.21. The number of nitrogens with zero attached hydrogens (tertiary/aromatic N) is 3. The highest BCUT2D eigenvalue weighted by molar-refractivity contribution is 5.42. The molecule has 15 heavy (non-hydrogen) atoms. The molecule has 1 aromatic rings. The van der Waals surface area contributed by atoms with Crippen molar-refractivity contribution in [3.8, 4) is 0 Å². The Morgan fingerprint density at radius 3 is 3.07 bits per heavy atom. The molecular formula is C10H16N4O. The molecule has 0 aliphatic carbocycles. The number of rotatable bonds is 1. The molecule has 0 unspecified atom stereocenters. The van der Waals surface area contributed by atoms with Crippen LogP contribution in [0.15, 0.2) is 17.1 Å². The predicted molar refractivity (Wildman–Crippen MR) is 59.2 cm³/mol. The van der Waals surface area contributed by atoms with Crippen LogP contribution in [0.4, 0.5) is 5.69 Å². The fraction of sp³-hybridized carbons (Fsp3) is 0.600. The lowest BCUT2D eigenvalue weighted by molar-refractivity contribution is 0.699. The van der Waals surface area contributed by atoms with E-state index >= 15 is 0 Å². The van der Waals surface area contributed by atoms with Crippen molar-refractivity contribution in [2.75, 3.05) is 31.1 Å². The number of nitrogens with one attached hydrogen (secondary N) is 1. The monoisotopic (exact) mass is 208 g/mol. The van der Waals surface area contributed by atoms with Gasteiger partial charge in [-0.2, -0.15) is 5.10 Å². The van der Waals surface area contributed by atoms with E-state index in [9.17, 15) is 4.79 Å². The van der Waals surface area contributed by atoms with E-state index in [2.05, 4.69) is 15.3 Å². The van der Waals surface area contributed by atoms with E-state index in [0.717, 1.165) is 38.3 Å². The Labute approximate surface area is 88.7 Å². The maximum Gasteiger partial charge on any atom is 0.268 e. The van der Waals surface area contributed by atoms with Crippen LogP contribution < -0.4 is 15.8 Å². The minimum Gasteiger partial charge on any atom is -0.369 e. The predicted octanol–water partition coefficient (Wildman–Crippen LogP) is -0.420. The first-order valence-corrected chi connectivity index (χ1v) is 5.26. The molecule has 1 aromatic heterocycles. The summed E-state index contributed by atoms with van der Waals surface area (Å²) < 4.78 is 1.35. The number of anilines is 1. The van der Waals surface area contributed by atoms with Crippen LogP contribution in [-0.4, -0.2) is 36.0 Å². The van der Waals surface area contributed by atoms with Gasteiger partial charge >= 0.3 is 0 Å². The molecule has 1 saturated heterocycles. The average molecular weight is 208 g/mol. The van der Waals surface area contributed by atoms with Gasteiger partial charge in [0.05, 0.1) is 11.9 Å². The van der Waals surface area contributed by atoms with Crippen LogP contribution in [0.5, 0.6) is 0 Å². The third-order valence-corrected chi connectivity index (χ3v) is 2.66. The van der Waals surface area contributed by atoms with Crippen molar-refractivity contribution < 1.29 is 0 Å². The fourth-order valence-corrected chi connectivity index (χ4v) is 1.74. The molecule has 5 heteroatoms. The first-order chi connectivity index (χ1) is 7.27. The molecule has 1 aliphatic rings. The first-order valence-electron chi connectivity index (χ1n) is 5.26. The van der Waals surface area contributed by atoms with Crippen LogP contribution in [0.3, 0.4) is 0 Å². The van der Waals surface area contributed by atoms with Gasteiger partial charge in [-0.1, -0.05) is 0 Å². The highest BCUT2D eigenvalue weighted by Gasteiger charge is 2.10. The minimum atomic E-state index is -0.0512. The van der Waals surface area contributed by atoms with Crippen molar-refractivity contribution in [1.82, 2.24) is 15.1 Å². The van der Waals surface area contributed by atoms with E-state index in [-0.39, 0.29) is 5.56 Å². The van der Waals surface area contributed by atoms with Crippen LogP contribution in [0.1, 0.15) is 6.42 Å². The lowest BCUT2D eigenvalue weighted by atomic mass is 10.3. The molecule has 0 bridgehead atoms. The summed E-state index contributed by atoms with van der Waals surface area (Å²) in [5.74, 6) is 0. The van der Waals surface area contributed by atoms with Gasteiger partial charge < -0.3 is 10.2 Å². The molecule has 0 atom stereocenters. The normalized spacial score (nSPS) is 17.5. The van der Waals surface area contributed by atoms with Crippen LogP contribution in [-0.2, 0) is 7.05 Å². The summed E-state index contributed by atoms with van der Waals surface area (Å²) in [7, 11) is 1.66. The molecule has 2 heterocycles. The SMILES string of the molecule is Cn1ncc(N2CCCNCC2)cc1=O. The number of aryl methyl sites for hydroxylation is 1. The third kappa shape index (κ3) is 2.36. The van der Waals surface area contributed by atoms with Gasteiger partial charge in [-0.25, -0.2) is 4.68 Å². The third-order valence-electron chi connectivity index (χ3n) is 2.66. The summed E-state index contributed by atoms with van der Waals surface area (Å²) in [4.78, 5) is 13.6. The Kier molecular flexibility index (Phi) is 3.01. The Hall–Kier alpha value is -1.36. The highest BCUT2D eigenvalue weighted by Crippen LogP contribution is 2.10. The fourth-order valence-electron chi connectivity index (χ4n) is 1.74. The number of hydrogen-bond donors (Lipinski definition) is 1. The van der Waals surface area contributed by atoms with Crippen molar-refractivity contribution in [3.05, 3.63) is 22.6 Å². The summed E-state index contributed by atoms with van der Waals surface area (Å²) in [6.07, 6.45) is 2.86. The topological polar surface area (TPSA) is 50.2 Å². The molecule has 0 amide bonds. The van der Waals surface area contributed by atoms with Crippen LogP contribution in [0.2, 0.25) is 0 Å². The van der Waals surface area contributed by atoms with Crippen LogP contribution in [0.25, 0.3) is 0 Å². The largest absolute Gasteiger partial charge is 0.369 e. The quantitative estimate of drug-likeness (QED) is 0.681. The second kappa shape index (κ2) is 4.44. The van der Waals surface area contributed by atoms with Crippen molar-refractivity contribution >= 4 is 5.69 Å². The summed E-state index contributed by atoms with van der Waals surface area (Å²) in [5.41, 5.74) is 0.881. The lowest BCUT2D eigenvalue weighted by Crippen LogP contribution is -2.30. The maximum absolute atomic E-state index is 11.4. The van der Waals surface area contributed by atoms with Gasteiger partial charge in [0.25, 0.3) is 5.56 Å². The van der Waals surface area contributed by atoms with Crippen molar-refractivity contribution in [3.63, 3.8) is 0 Å². The van der Waals surface area contributed by atoms with Gasteiger partial charge in [0.15, 0.2) is 0 Å². The molecule has 0 spiro atoms. The zero-order chi connectivity index (χ0) is 10.7. The molecule has 0 saturated carbocycles. The highest BCUT2D eigenvalue weighted by atomic mass is 16.1. The van der Waals surface area contributed by atoms with Crippen molar-refractivity contribution in [2.45, 2.75) is 6.42 Å². The Balaban J connectivity index is 2.20. The van der Waals surface area contributed by atoms with Crippen LogP contribution in [0, 0.1) is 0 Å². The molecule has 1 fully saturated rings. The number of hydrogen-bond acceptors (Lipinski definition) is 4. The Bertz CT molecular complexity index is 379. The summed E-state index contributed by atoms with van der Waals surface area (Å²) in [5, 5.41) is 7.35. The molecular weight excluding hydrogens is 192 g/mol. The molecule has 82 valence electrons. The van der Waals surface area contributed by atoms with E-state index in [4.69, 9.17) is 0 Å². The zero-order valence-corrected chi connectivity index (χ0v) is 8.94. The van der Waals surface area contributed by atoms with Gasteiger partial charge in [-0.3, -0.25) is 4.79 Å². The van der Waals surface area contributed by atoms with E-state index in [0.29, 0.717) is 0 Å². The maximum atomic E-state index is 11.4. The van der Waals surface area contributed by atoms with Crippen molar-refractivity contribution in [1.29, 1.82) is 0 Å². The van der Waals surface area contributed by atoms with Crippen LogP contribution >= 0.6 is 0 Å². The second-order valence-corrected chi connectivity index (χ2v) is 3.77. The summed E-state index contributed by atoms with van der Waals surface area (Å²) in [6.45, 7) is 3.95. The molecule has 5 nitrogen and oxygen atoms in total. The summed E-state index contributed by atoms with van der Waals surface area (Å²) >= 11 is 0. The molecule has 2 rings (SSSR count). The van der Waals surface area contributed by atoms with Gasteiger partial charge in [-0.05, 0) is 13.0 Å². The van der Waals surface area contributed by atoms with Gasteiger partial charge in [0.1, 0.15) is 0 Å². The molecule has 0 radical (unpaired) electrons. The molecule has 1 N–H and O–H groups in total. The van der Waals surface area contributed by atoms with Gasteiger partial charge in [0, 0.05) is 32.7 Å². The number of aromatic nitrogens is 2. The standard InChI is InChI=1S/C10H16N4O/c1-13-10(15)7-9(8-12-13)14-5-2-3-11-4-6-14/h7-8,11H,2-6H2,1H3. The second-order valence-electron chi connectivity index (χ2n) is 3.77. The molecule has 0 aromatic carbocycles. The van der Waals surface area contributed by atoms with Crippen molar-refractivity contribution in [2.24, 2.45) is 7.05 Å². The average Bonchev–Trinajstić information content (AvgIpc) is 2.50. The Morgan fingerprint density at radius 1 is 1.40 bits per heavy atom. The first kappa shape index (κ1) is 10.2. The zero-order valence-electron chi connectivity index (χ0n) is 8.94. The smallest absolute Gasteiger partial charge is 0.268 e.